The molecule has 1 unspecified atom stereocenters. The van der Waals surface area contributed by atoms with Crippen LogP contribution in [0.4, 0.5) is 5.69 Å². The Bertz CT molecular complexity index is 576. The van der Waals surface area contributed by atoms with E-state index in [0.29, 0.717) is 24.3 Å². The number of nitrogens with zero attached hydrogens (tertiary/aromatic N) is 3. The van der Waals surface area contributed by atoms with Gasteiger partial charge in [-0.2, -0.15) is 5.26 Å². The molecule has 1 saturated heterocycles. The molecule has 2 amide bonds. The molecule has 1 fully saturated rings. The molecule has 110 valence electrons. The molecule has 0 aromatic heterocycles. The van der Waals surface area contributed by atoms with Crippen molar-refractivity contribution in [2.24, 2.45) is 0 Å². The lowest BCUT2D eigenvalue weighted by Crippen LogP contribution is -2.54. The van der Waals surface area contributed by atoms with Crippen LogP contribution in [0.15, 0.2) is 24.3 Å². The predicted octanol–water partition coefficient (Wildman–Crippen LogP) is 0.659. The minimum atomic E-state index is -0.377. The van der Waals surface area contributed by atoms with Crippen LogP contribution in [0.25, 0.3) is 0 Å². The summed E-state index contributed by atoms with van der Waals surface area (Å²) in [5.41, 5.74) is 1.19. The Morgan fingerprint density at radius 2 is 2.00 bits per heavy atom. The first-order valence-corrected chi connectivity index (χ1v) is 6.80. The molecule has 0 radical (unpaired) electrons. The van der Waals surface area contributed by atoms with Gasteiger partial charge in [-0.15, -0.1) is 0 Å². The second kappa shape index (κ2) is 6.37. The first-order chi connectivity index (χ1) is 10.0. The lowest BCUT2D eigenvalue weighted by atomic mass is 10.2. The molecule has 6 nitrogen and oxygen atoms in total. The molecule has 1 aliphatic heterocycles. The van der Waals surface area contributed by atoms with Crippen molar-refractivity contribution in [1.82, 2.24) is 9.80 Å². The molecule has 0 spiro atoms. The lowest BCUT2D eigenvalue weighted by molar-refractivity contribution is -0.136. The Kier molecular flexibility index (Phi) is 4.55. The van der Waals surface area contributed by atoms with Gasteiger partial charge in [-0.05, 0) is 31.2 Å². The Hall–Kier alpha value is -2.39. The van der Waals surface area contributed by atoms with Crippen molar-refractivity contribution in [3.63, 3.8) is 0 Å². The van der Waals surface area contributed by atoms with Gasteiger partial charge in [0.15, 0.2) is 0 Å². The van der Waals surface area contributed by atoms with E-state index in [-0.39, 0.29) is 24.4 Å². The predicted molar refractivity (Wildman–Crippen MR) is 78.5 cm³/mol. The van der Waals surface area contributed by atoms with Crippen LogP contribution in [-0.2, 0) is 9.59 Å². The quantitative estimate of drug-likeness (QED) is 0.885. The van der Waals surface area contributed by atoms with Gasteiger partial charge < -0.3 is 10.2 Å². The average Bonchev–Trinajstić information content (AvgIpc) is 2.50. The van der Waals surface area contributed by atoms with Crippen molar-refractivity contribution in [3.8, 4) is 6.07 Å². The molecular formula is C15H18N4O2. The summed E-state index contributed by atoms with van der Waals surface area (Å²) in [6, 6.07) is 8.34. The highest BCUT2D eigenvalue weighted by molar-refractivity contribution is 5.95. The van der Waals surface area contributed by atoms with Gasteiger partial charge in [-0.25, -0.2) is 0 Å². The largest absolute Gasteiger partial charge is 0.343 e. The lowest BCUT2D eigenvalue weighted by Gasteiger charge is -2.35. The maximum Gasteiger partial charge on any atom is 0.241 e. The molecule has 0 bridgehead atoms. The Morgan fingerprint density at radius 1 is 1.33 bits per heavy atom. The number of piperazine rings is 1. The van der Waals surface area contributed by atoms with Crippen LogP contribution in [0.2, 0.25) is 0 Å². The zero-order valence-corrected chi connectivity index (χ0v) is 12.2. The number of anilines is 1. The molecule has 1 heterocycles. The number of amides is 2. The summed E-state index contributed by atoms with van der Waals surface area (Å²) >= 11 is 0. The van der Waals surface area contributed by atoms with Gasteiger partial charge in [0.2, 0.25) is 11.8 Å². The first kappa shape index (κ1) is 15.0. The maximum atomic E-state index is 12.2. The van der Waals surface area contributed by atoms with E-state index in [1.165, 1.54) is 0 Å². The normalized spacial score (nSPS) is 17.2. The number of benzene rings is 1. The standard InChI is InChI=1S/C15H18N4O2/c1-11(19-8-7-18(2)14(20)10-19)15(21)17-13-5-3-12(9-16)4-6-13/h3-6,11H,7-8,10H2,1-2H3,(H,17,21). The summed E-state index contributed by atoms with van der Waals surface area (Å²) in [5, 5.41) is 11.5. The van der Waals surface area contributed by atoms with Crippen molar-refractivity contribution in [3.05, 3.63) is 29.8 Å². The summed E-state index contributed by atoms with van der Waals surface area (Å²) in [5.74, 6) is -0.128. The molecule has 0 saturated carbocycles. The average molecular weight is 286 g/mol. The van der Waals surface area contributed by atoms with Gasteiger partial charge >= 0.3 is 0 Å². The number of likely N-dealkylation sites (N-methyl/N-ethyl adjacent to an activating group) is 1. The summed E-state index contributed by atoms with van der Waals surface area (Å²) in [4.78, 5) is 27.4. The molecule has 1 aliphatic rings. The summed E-state index contributed by atoms with van der Waals surface area (Å²) < 4.78 is 0. The molecule has 2 rings (SSSR count). The first-order valence-electron chi connectivity index (χ1n) is 6.80. The van der Waals surface area contributed by atoms with Crippen LogP contribution in [0.3, 0.4) is 0 Å². The second-order valence-electron chi connectivity index (χ2n) is 5.14. The number of hydrogen-bond donors (Lipinski definition) is 1. The number of rotatable bonds is 3. The van der Waals surface area contributed by atoms with Crippen molar-refractivity contribution < 1.29 is 9.59 Å². The molecular weight excluding hydrogens is 268 g/mol. The number of nitrogens with one attached hydrogen (secondary N) is 1. The van der Waals surface area contributed by atoms with E-state index < -0.39 is 0 Å². The molecule has 1 atom stereocenters. The van der Waals surface area contributed by atoms with Crippen molar-refractivity contribution >= 4 is 17.5 Å². The van der Waals surface area contributed by atoms with Crippen LogP contribution in [0.1, 0.15) is 12.5 Å². The Morgan fingerprint density at radius 3 is 2.57 bits per heavy atom. The Balaban J connectivity index is 1.96. The van der Waals surface area contributed by atoms with Crippen molar-refractivity contribution in [1.29, 1.82) is 5.26 Å². The van der Waals surface area contributed by atoms with Gasteiger partial charge in [-0.1, -0.05) is 0 Å². The highest BCUT2D eigenvalue weighted by atomic mass is 16.2. The number of carbonyl (C=O) groups is 2. The number of carbonyl (C=O) groups excluding carboxylic acids is 2. The third kappa shape index (κ3) is 3.58. The zero-order chi connectivity index (χ0) is 15.4. The highest BCUT2D eigenvalue weighted by Gasteiger charge is 2.28. The third-order valence-electron chi connectivity index (χ3n) is 3.70. The maximum absolute atomic E-state index is 12.2. The molecule has 1 aromatic rings. The highest BCUT2D eigenvalue weighted by Crippen LogP contribution is 2.12. The minimum Gasteiger partial charge on any atom is -0.343 e. The van der Waals surface area contributed by atoms with Crippen LogP contribution < -0.4 is 5.32 Å². The van der Waals surface area contributed by atoms with Crippen LogP contribution in [0.5, 0.6) is 0 Å². The fourth-order valence-electron chi connectivity index (χ4n) is 2.15. The summed E-state index contributed by atoms with van der Waals surface area (Å²) in [6.07, 6.45) is 0. The van der Waals surface area contributed by atoms with Crippen LogP contribution in [-0.4, -0.2) is 54.3 Å². The molecule has 6 heteroatoms. The van der Waals surface area contributed by atoms with E-state index in [0.717, 1.165) is 0 Å². The monoisotopic (exact) mass is 286 g/mol. The van der Waals surface area contributed by atoms with E-state index in [4.69, 9.17) is 5.26 Å². The van der Waals surface area contributed by atoms with Crippen molar-refractivity contribution in [2.45, 2.75) is 13.0 Å². The second-order valence-corrected chi connectivity index (χ2v) is 5.14. The zero-order valence-electron chi connectivity index (χ0n) is 12.2. The minimum absolute atomic E-state index is 0.0271. The summed E-state index contributed by atoms with van der Waals surface area (Å²) in [7, 11) is 1.77. The van der Waals surface area contributed by atoms with Gasteiger partial charge in [0, 0.05) is 25.8 Å². The van der Waals surface area contributed by atoms with Crippen LogP contribution >= 0.6 is 0 Å². The topological polar surface area (TPSA) is 76.4 Å². The molecule has 1 aromatic carbocycles. The van der Waals surface area contributed by atoms with E-state index in [9.17, 15) is 9.59 Å². The Labute approximate surface area is 123 Å². The van der Waals surface area contributed by atoms with Gasteiger partial charge in [0.05, 0.1) is 24.2 Å². The van der Waals surface area contributed by atoms with Gasteiger partial charge in [0.1, 0.15) is 0 Å². The number of nitriles is 1. The molecule has 0 aliphatic carbocycles. The van der Waals surface area contributed by atoms with E-state index >= 15 is 0 Å². The third-order valence-corrected chi connectivity index (χ3v) is 3.70. The summed E-state index contributed by atoms with van der Waals surface area (Å²) in [6.45, 7) is 3.37. The fraction of sp³-hybridized carbons (Fsp3) is 0.400. The van der Waals surface area contributed by atoms with E-state index in [1.54, 1.807) is 43.1 Å². The smallest absolute Gasteiger partial charge is 0.241 e. The SMILES string of the molecule is CC(C(=O)Nc1ccc(C#N)cc1)N1CCN(C)C(=O)C1. The number of hydrogen-bond acceptors (Lipinski definition) is 4. The van der Waals surface area contributed by atoms with Crippen LogP contribution in [0, 0.1) is 11.3 Å². The van der Waals surface area contributed by atoms with Crippen molar-refractivity contribution in [2.75, 3.05) is 32.0 Å². The molecule has 21 heavy (non-hydrogen) atoms. The van der Waals surface area contributed by atoms with Gasteiger partial charge in [-0.3, -0.25) is 14.5 Å². The fourth-order valence-corrected chi connectivity index (χ4v) is 2.15. The van der Waals surface area contributed by atoms with Gasteiger partial charge in [0.25, 0.3) is 0 Å². The van der Waals surface area contributed by atoms with E-state index in [2.05, 4.69) is 5.32 Å². The van der Waals surface area contributed by atoms with E-state index in [1.807, 2.05) is 11.0 Å². The molecule has 1 N–H and O–H groups in total.